The zero-order chi connectivity index (χ0) is 30.8. The van der Waals surface area contributed by atoms with Crippen LogP contribution in [0.3, 0.4) is 0 Å². The maximum Gasteiger partial charge on any atom is 0.306 e. The molecular weight excluding hydrogens is 524 g/mol. The zero-order valence-corrected chi connectivity index (χ0v) is 27.0. The van der Waals surface area contributed by atoms with Crippen molar-refractivity contribution in [1.82, 2.24) is 0 Å². The van der Waals surface area contributed by atoms with Crippen LogP contribution in [0.5, 0.6) is 0 Å². The molecule has 1 N–H and O–H groups in total. The average Bonchev–Trinajstić information content (AvgIpc) is 2.99. The highest BCUT2D eigenvalue weighted by atomic mass is 16.6. The molecule has 1 atom stereocenters. The van der Waals surface area contributed by atoms with Crippen LogP contribution in [0.15, 0.2) is 60.8 Å². The third-order valence-corrected chi connectivity index (χ3v) is 6.89. The molecule has 0 fully saturated rings. The van der Waals surface area contributed by atoms with Crippen LogP contribution in [0.4, 0.5) is 0 Å². The Kier molecular flexibility index (Phi) is 31.2. The lowest BCUT2D eigenvalue weighted by Gasteiger charge is -2.15. The molecule has 0 aliphatic heterocycles. The number of carbonyl (C=O) groups is 2. The monoisotopic (exact) mass is 586 g/mol. The highest BCUT2D eigenvalue weighted by Crippen LogP contribution is 2.12. The molecule has 0 aromatic rings. The smallest absolute Gasteiger partial charge is 0.306 e. The number of aliphatic hydroxyl groups excluding tert-OH is 1. The fourth-order valence-electron chi connectivity index (χ4n) is 4.32. The lowest BCUT2D eigenvalue weighted by atomic mass is 10.1. The SMILES string of the molecule is CC/C=C/C=C/C=C/C=C/CCCCCC(=O)OCC(CO)OC(=O)CCCCCCCCC/C=C/CCCCCC. The van der Waals surface area contributed by atoms with E-state index in [1.165, 1.54) is 64.2 Å². The molecule has 0 radical (unpaired) electrons. The predicted octanol–water partition coefficient (Wildman–Crippen LogP) is 10.1. The van der Waals surface area contributed by atoms with E-state index in [4.69, 9.17) is 9.47 Å². The largest absolute Gasteiger partial charge is 0.462 e. The van der Waals surface area contributed by atoms with Gasteiger partial charge in [-0.1, -0.05) is 132 Å². The molecule has 5 heteroatoms. The van der Waals surface area contributed by atoms with Gasteiger partial charge in [-0.15, -0.1) is 0 Å². The Morgan fingerprint density at radius 1 is 0.571 bits per heavy atom. The molecule has 0 aliphatic rings. The topological polar surface area (TPSA) is 72.8 Å². The van der Waals surface area contributed by atoms with Crippen molar-refractivity contribution in [3.8, 4) is 0 Å². The summed E-state index contributed by atoms with van der Waals surface area (Å²) < 4.78 is 10.5. The standard InChI is InChI=1S/C37H62O5/c1-3-5-7-9-11-13-15-17-18-20-22-24-26-28-30-32-37(40)42-35(33-38)34-41-36(39)31-29-27-25-23-21-19-16-14-12-10-8-6-4-2/h6,8,10,12-16,19,21,35,38H,3-5,7,9,11,17-18,20,22-34H2,1-2H3/b8-6+,12-10+,15-13+,16-14+,21-19+. The van der Waals surface area contributed by atoms with E-state index in [1.54, 1.807) is 0 Å². The van der Waals surface area contributed by atoms with Crippen molar-refractivity contribution in [1.29, 1.82) is 0 Å². The van der Waals surface area contributed by atoms with Crippen LogP contribution in [-0.4, -0.2) is 36.4 Å². The number of allylic oxidation sites excluding steroid dienone is 10. The molecule has 1 unspecified atom stereocenters. The molecule has 0 saturated heterocycles. The summed E-state index contributed by atoms with van der Waals surface area (Å²) in [5.41, 5.74) is 0. The zero-order valence-electron chi connectivity index (χ0n) is 27.0. The summed E-state index contributed by atoms with van der Waals surface area (Å²) in [5.74, 6) is -0.649. The lowest BCUT2D eigenvalue weighted by molar-refractivity contribution is -0.161. The van der Waals surface area contributed by atoms with Gasteiger partial charge in [0.2, 0.25) is 0 Å². The number of rotatable bonds is 29. The minimum absolute atomic E-state index is 0.0904. The molecule has 0 aliphatic carbocycles. The molecule has 0 saturated carbocycles. The van der Waals surface area contributed by atoms with E-state index < -0.39 is 6.10 Å². The van der Waals surface area contributed by atoms with Crippen LogP contribution >= 0.6 is 0 Å². The van der Waals surface area contributed by atoms with E-state index in [-0.39, 0.29) is 25.2 Å². The molecule has 0 heterocycles. The van der Waals surface area contributed by atoms with Gasteiger partial charge in [0.15, 0.2) is 6.10 Å². The van der Waals surface area contributed by atoms with Crippen molar-refractivity contribution in [3.63, 3.8) is 0 Å². The van der Waals surface area contributed by atoms with Crippen LogP contribution in [-0.2, 0) is 19.1 Å². The highest BCUT2D eigenvalue weighted by Gasteiger charge is 2.16. The quantitative estimate of drug-likeness (QED) is 0.0408. The van der Waals surface area contributed by atoms with Crippen molar-refractivity contribution >= 4 is 11.9 Å². The van der Waals surface area contributed by atoms with E-state index in [2.05, 4.69) is 38.2 Å². The number of hydrogen-bond acceptors (Lipinski definition) is 5. The van der Waals surface area contributed by atoms with E-state index in [0.29, 0.717) is 12.8 Å². The molecule has 42 heavy (non-hydrogen) atoms. The van der Waals surface area contributed by atoms with Gasteiger partial charge in [0, 0.05) is 12.8 Å². The van der Waals surface area contributed by atoms with Gasteiger partial charge in [0.1, 0.15) is 6.61 Å². The minimum atomic E-state index is -0.789. The molecule has 0 bridgehead atoms. The molecule has 0 spiro atoms. The van der Waals surface area contributed by atoms with E-state index in [9.17, 15) is 14.7 Å². The average molecular weight is 587 g/mol. The van der Waals surface area contributed by atoms with Gasteiger partial charge in [0.25, 0.3) is 0 Å². The summed E-state index contributed by atoms with van der Waals surface area (Å²) >= 11 is 0. The minimum Gasteiger partial charge on any atom is -0.462 e. The summed E-state index contributed by atoms with van der Waals surface area (Å²) in [4.78, 5) is 24.1. The molecule has 240 valence electrons. The summed E-state index contributed by atoms with van der Waals surface area (Å²) in [6, 6.07) is 0. The first-order chi connectivity index (χ1) is 20.6. The van der Waals surface area contributed by atoms with Crippen molar-refractivity contribution in [2.75, 3.05) is 13.2 Å². The van der Waals surface area contributed by atoms with Crippen LogP contribution < -0.4 is 0 Å². The second kappa shape index (κ2) is 33.1. The predicted molar refractivity (Wildman–Crippen MR) is 177 cm³/mol. The third-order valence-electron chi connectivity index (χ3n) is 6.89. The molecular formula is C37H62O5. The number of ether oxygens (including phenoxy) is 2. The fourth-order valence-corrected chi connectivity index (χ4v) is 4.32. The van der Waals surface area contributed by atoms with Gasteiger partial charge in [-0.2, -0.15) is 0 Å². The Bertz CT molecular complexity index is 762. The first-order valence-corrected chi connectivity index (χ1v) is 16.9. The van der Waals surface area contributed by atoms with Gasteiger partial charge < -0.3 is 14.6 Å². The number of carbonyl (C=O) groups excluding carboxylic acids is 2. The number of aliphatic hydroxyl groups is 1. The van der Waals surface area contributed by atoms with Crippen molar-refractivity contribution in [2.45, 2.75) is 148 Å². The maximum absolute atomic E-state index is 12.1. The van der Waals surface area contributed by atoms with Crippen LogP contribution in [0.1, 0.15) is 142 Å². The van der Waals surface area contributed by atoms with Gasteiger partial charge in [-0.3, -0.25) is 9.59 Å². The molecule has 0 aromatic heterocycles. The van der Waals surface area contributed by atoms with E-state index in [0.717, 1.165) is 51.4 Å². The Hall–Kier alpha value is -2.40. The molecule has 0 aromatic carbocycles. The number of unbranched alkanes of at least 4 members (excludes halogenated alkanes) is 14. The van der Waals surface area contributed by atoms with Crippen LogP contribution in [0, 0.1) is 0 Å². The summed E-state index contributed by atoms with van der Waals surface area (Å²) in [5, 5.41) is 9.50. The van der Waals surface area contributed by atoms with E-state index >= 15 is 0 Å². The third kappa shape index (κ3) is 30.6. The Morgan fingerprint density at radius 2 is 1.05 bits per heavy atom. The summed E-state index contributed by atoms with van der Waals surface area (Å²) in [7, 11) is 0. The van der Waals surface area contributed by atoms with Gasteiger partial charge in [-0.25, -0.2) is 0 Å². The second-order valence-electron chi connectivity index (χ2n) is 10.9. The van der Waals surface area contributed by atoms with Crippen molar-refractivity contribution in [2.24, 2.45) is 0 Å². The van der Waals surface area contributed by atoms with Gasteiger partial charge in [0.05, 0.1) is 6.61 Å². The van der Waals surface area contributed by atoms with Crippen molar-refractivity contribution in [3.05, 3.63) is 60.8 Å². The van der Waals surface area contributed by atoms with Crippen LogP contribution in [0.2, 0.25) is 0 Å². The molecule has 0 rings (SSSR count). The highest BCUT2D eigenvalue weighted by molar-refractivity contribution is 5.70. The Balaban J connectivity index is 3.67. The van der Waals surface area contributed by atoms with Gasteiger partial charge >= 0.3 is 11.9 Å². The summed E-state index contributed by atoms with van der Waals surface area (Å²) in [6.45, 7) is 3.92. The first-order valence-electron chi connectivity index (χ1n) is 16.9. The van der Waals surface area contributed by atoms with Crippen molar-refractivity contribution < 1.29 is 24.2 Å². The number of esters is 2. The Morgan fingerprint density at radius 3 is 1.64 bits per heavy atom. The second-order valence-corrected chi connectivity index (χ2v) is 10.9. The molecule has 5 nitrogen and oxygen atoms in total. The lowest BCUT2D eigenvalue weighted by Crippen LogP contribution is -2.28. The number of hydrogen-bond donors (Lipinski definition) is 1. The fraction of sp³-hybridized carbons (Fsp3) is 0.676. The maximum atomic E-state index is 12.1. The Labute approximate surface area is 258 Å². The molecule has 0 amide bonds. The van der Waals surface area contributed by atoms with Gasteiger partial charge in [-0.05, 0) is 57.8 Å². The first kappa shape index (κ1) is 39.6. The van der Waals surface area contributed by atoms with Crippen LogP contribution in [0.25, 0.3) is 0 Å². The normalized spacial score (nSPS) is 12.9. The van der Waals surface area contributed by atoms with E-state index in [1.807, 2.05) is 36.5 Å². The summed E-state index contributed by atoms with van der Waals surface area (Å²) in [6.07, 6.45) is 41.3.